The number of nitrogens with one attached hydrogen (secondary N) is 1. The van der Waals surface area contributed by atoms with Crippen LogP contribution in [0.5, 0.6) is 0 Å². The largest absolute Gasteiger partial charge is 0.382 e. The molecule has 0 saturated carbocycles. The lowest BCUT2D eigenvalue weighted by Gasteiger charge is -2.22. The maximum Gasteiger partial charge on any atom is 0.0855 e. The predicted octanol–water partition coefficient (Wildman–Crippen LogP) is 1.07. The Morgan fingerprint density at radius 2 is 2.50 bits per heavy atom. The molecular weight excluding hydrogens is 146 g/mol. The fraction of sp³-hybridized carbons (Fsp3) is 1.00. The van der Waals surface area contributed by atoms with Crippen LogP contribution in [-0.4, -0.2) is 30.4 Å². The average Bonchev–Trinajstić information content (AvgIpc) is 2.12. The van der Waals surface area contributed by atoms with Gasteiger partial charge in [0.15, 0.2) is 0 Å². The Kier molecular flexibility index (Phi) is 2.61. The molecular formula is C7H15NOS. The molecule has 0 spiro atoms. The van der Waals surface area contributed by atoms with Crippen LogP contribution in [0.4, 0.5) is 0 Å². The topological polar surface area (TPSA) is 21.3 Å². The summed E-state index contributed by atoms with van der Waals surface area (Å²) in [7, 11) is 1.75. The molecule has 1 N–H and O–H groups in total. The normalized spacial score (nSPS) is 40.5. The quantitative estimate of drug-likeness (QED) is 0.654. The lowest BCUT2D eigenvalue weighted by molar-refractivity contribution is 0.160. The third-order valence-corrected chi connectivity index (χ3v) is 3.16. The van der Waals surface area contributed by atoms with Crippen LogP contribution in [0.1, 0.15) is 13.8 Å². The smallest absolute Gasteiger partial charge is 0.0855 e. The maximum absolute atomic E-state index is 5.09. The van der Waals surface area contributed by atoms with Crippen molar-refractivity contribution in [3.8, 4) is 0 Å². The average molecular weight is 161 g/mol. The van der Waals surface area contributed by atoms with Gasteiger partial charge in [-0.3, -0.25) is 5.32 Å². The van der Waals surface area contributed by atoms with Gasteiger partial charge in [-0.15, -0.1) is 11.8 Å². The molecule has 2 unspecified atom stereocenters. The van der Waals surface area contributed by atoms with Crippen LogP contribution in [0.3, 0.4) is 0 Å². The van der Waals surface area contributed by atoms with E-state index in [1.54, 1.807) is 7.11 Å². The first kappa shape index (κ1) is 8.37. The van der Waals surface area contributed by atoms with Crippen LogP contribution < -0.4 is 5.32 Å². The van der Waals surface area contributed by atoms with Gasteiger partial charge in [-0.1, -0.05) is 0 Å². The molecule has 0 aromatic heterocycles. The molecule has 1 rings (SSSR count). The van der Waals surface area contributed by atoms with Crippen molar-refractivity contribution in [3.05, 3.63) is 0 Å². The fourth-order valence-corrected chi connectivity index (χ4v) is 2.46. The molecule has 0 aromatic carbocycles. The molecule has 0 aromatic rings. The highest BCUT2D eigenvalue weighted by atomic mass is 32.2. The van der Waals surface area contributed by atoms with Gasteiger partial charge in [-0.05, 0) is 13.8 Å². The summed E-state index contributed by atoms with van der Waals surface area (Å²) < 4.78 is 5.09. The van der Waals surface area contributed by atoms with E-state index in [2.05, 4.69) is 19.2 Å². The second-order valence-electron chi connectivity index (χ2n) is 3.02. The van der Waals surface area contributed by atoms with Crippen molar-refractivity contribution < 1.29 is 4.74 Å². The maximum atomic E-state index is 5.09. The zero-order valence-electron chi connectivity index (χ0n) is 6.81. The van der Waals surface area contributed by atoms with Crippen molar-refractivity contribution in [1.82, 2.24) is 5.32 Å². The van der Waals surface area contributed by atoms with Crippen LogP contribution in [0.25, 0.3) is 0 Å². The summed E-state index contributed by atoms with van der Waals surface area (Å²) in [5.41, 5.74) is 0. The molecule has 10 heavy (non-hydrogen) atoms. The molecule has 1 aliphatic rings. The third kappa shape index (κ3) is 1.87. The molecule has 1 heterocycles. The molecule has 2 nitrogen and oxygen atoms in total. The minimum Gasteiger partial charge on any atom is -0.382 e. The van der Waals surface area contributed by atoms with Crippen LogP contribution in [-0.2, 0) is 4.74 Å². The number of methoxy groups -OCH3 is 1. The van der Waals surface area contributed by atoms with Gasteiger partial charge in [0.05, 0.1) is 11.5 Å². The van der Waals surface area contributed by atoms with Crippen molar-refractivity contribution >= 4 is 11.8 Å². The van der Waals surface area contributed by atoms with Crippen LogP contribution >= 0.6 is 11.8 Å². The highest BCUT2D eigenvalue weighted by Gasteiger charge is 2.32. The first-order chi connectivity index (χ1) is 4.66. The molecule has 2 atom stereocenters. The van der Waals surface area contributed by atoms with Crippen molar-refractivity contribution in [2.75, 3.05) is 19.5 Å². The molecule has 3 heteroatoms. The van der Waals surface area contributed by atoms with Crippen molar-refractivity contribution in [3.63, 3.8) is 0 Å². The highest BCUT2D eigenvalue weighted by molar-refractivity contribution is 8.00. The van der Waals surface area contributed by atoms with Gasteiger partial charge >= 0.3 is 0 Å². The summed E-state index contributed by atoms with van der Waals surface area (Å²) in [6, 6.07) is 0.630. The van der Waals surface area contributed by atoms with E-state index in [0.717, 1.165) is 6.61 Å². The first-order valence-electron chi connectivity index (χ1n) is 3.57. The summed E-state index contributed by atoms with van der Waals surface area (Å²) in [6.45, 7) is 5.18. The van der Waals surface area contributed by atoms with E-state index in [1.807, 2.05) is 11.8 Å². The van der Waals surface area contributed by atoms with Gasteiger partial charge in [0, 0.05) is 18.9 Å². The Morgan fingerprint density at radius 1 is 1.80 bits per heavy atom. The van der Waals surface area contributed by atoms with E-state index >= 15 is 0 Å². The Hall–Kier alpha value is 0.270. The first-order valence-corrected chi connectivity index (χ1v) is 4.55. The monoisotopic (exact) mass is 161 g/mol. The van der Waals surface area contributed by atoms with E-state index in [1.165, 1.54) is 5.75 Å². The van der Waals surface area contributed by atoms with Crippen molar-refractivity contribution in [1.29, 1.82) is 0 Å². The summed E-state index contributed by atoms with van der Waals surface area (Å²) in [5.74, 6) is 1.19. The Bertz CT molecular complexity index is 116. The number of ether oxygens (including phenoxy) is 1. The SMILES string of the molecule is COCC1(C)NC(C)CS1. The van der Waals surface area contributed by atoms with Crippen LogP contribution in [0, 0.1) is 0 Å². The van der Waals surface area contributed by atoms with E-state index < -0.39 is 0 Å². The number of rotatable bonds is 2. The van der Waals surface area contributed by atoms with E-state index in [0.29, 0.717) is 6.04 Å². The molecule has 1 fully saturated rings. The molecule has 1 saturated heterocycles. The van der Waals surface area contributed by atoms with Crippen molar-refractivity contribution in [2.24, 2.45) is 0 Å². The number of hydrogen-bond donors (Lipinski definition) is 1. The minimum absolute atomic E-state index is 0.161. The lowest BCUT2D eigenvalue weighted by atomic mass is 10.3. The van der Waals surface area contributed by atoms with Crippen LogP contribution in [0.2, 0.25) is 0 Å². The van der Waals surface area contributed by atoms with Crippen LogP contribution in [0.15, 0.2) is 0 Å². The second kappa shape index (κ2) is 3.11. The molecule has 60 valence electrons. The van der Waals surface area contributed by atoms with E-state index in [9.17, 15) is 0 Å². The summed E-state index contributed by atoms with van der Waals surface area (Å²) in [5, 5.41) is 3.47. The third-order valence-electron chi connectivity index (χ3n) is 1.62. The zero-order chi connectivity index (χ0) is 7.61. The van der Waals surface area contributed by atoms with Gasteiger partial charge in [-0.2, -0.15) is 0 Å². The van der Waals surface area contributed by atoms with Gasteiger partial charge < -0.3 is 4.74 Å². The molecule has 0 amide bonds. The van der Waals surface area contributed by atoms with Gasteiger partial charge in [0.1, 0.15) is 0 Å². The molecule has 0 bridgehead atoms. The fourth-order valence-electron chi connectivity index (χ4n) is 1.27. The highest BCUT2D eigenvalue weighted by Crippen LogP contribution is 2.29. The predicted molar refractivity (Wildman–Crippen MR) is 45.3 cm³/mol. The minimum atomic E-state index is 0.161. The van der Waals surface area contributed by atoms with Gasteiger partial charge in [0.25, 0.3) is 0 Å². The van der Waals surface area contributed by atoms with Crippen molar-refractivity contribution in [2.45, 2.75) is 24.8 Å². The summed E-state index contributed by atoms with van der Waals surface area (Å²) in [6.07, 6.45) is 0. The summed E-state index contributed by atoms with van der Waals surface area (Å²) in [4.78, 5) is 0.161. The molecule has 1 aliphatic heterocycles. The van der Waals surface area contributed by atoms with E-state index in [-0.39, 0.29) is 4.87 Å². The van der Waals surface area contributed by atoms with Gasteiger partial charge in [-0.25, -0.2) is 0 Å². The lowest BCUT2D eigenvalue weighted by Crippen LogP contribution is -2.41. The molecule has 0 aliphatic carbocycles. The standard InChI is InChI=1S/C7H15NOS/c1-6-4-10-7(2,8-6)5-9-3/h6,8H,4-5H2,1-3H3. The molecule has 0 radical (unpaired) electrons. The number of hydrogen-bond acceptors (Lipinski definition) is 3. The van der Waals surface area contributed by atoms with Gasteiger partial charge in [0.2, 0.25) is 0 Å². The Balaban J connectivity index is 2.38. The second-order valence-corrected chi connectivity index (χ2v) is 4.54. The van der Waals surface area contributed by atoms with E-state index in [4.69, 9.17) is 4.74 Å². The zero-order valence-corrected chi connectivity index (χ0v) is 7.62. The Labute approximate surface area is 66.7 Å². The number of thioether (sulfide) groups is 1. The summed E-state index contributed by atoms with van der Waals surface area (Å²) >= 11 is 1.94. The Morgan fingerprint density at radius 3 is 2.90 bits per heavy atom.